The minimum Gasteiger partial charge on any atom is -0.497 e. The Kier molecular flexibility index (Phi) is 8.65. The van der Waals surface area contributed by atoms with Crippen LogP contribution in [0.25, 0.3) is 0 Å². The summed E-state index contributed by atoms with van der Waals surface area (Å²) in [6.07, 6.45) is 0. The number of rotatable bonds is 9. The Morgan fingerprint density at radius 2 is 1.68 bits per heavy atom. The number of carbonyl (C=O) groups excluding carboxylic acids is 2. The van der Waals surface area contributed by atoms with E-state index in [1.165, 1.54) is 17.0 Å². The van der Waals surface area contributed by atoms with E-state index in [4.69, 9.17) is 4.74 Å². The molecular formula is C26H30FN3O3S. The van der Waals surface area contributed by atoms with Crippen molar-refractivity contribution in [3.05, 3.63) is 81.8 Å². The number of methoxy groups -OCH3 is 1. The van der Waals surface area contributed by atoms with Crippen molar-refractivity contribution in [3.63, 3.8) is 0 Å². The second-order valence-corrected chi connectivity index (χ2v) is 9.64. The number of amides is 3. The SMILES string of the molecule is COc1ccc(NC(=O)N(CC(=O)N(Cc2ccc(F)cc2)Cc2ccc(C)s2)C(C)C)cc1. The first kappa shape index (κ1) is 25.2. The summed E-state index contributed by atoms with van der Waals surface area (Å²) in [4.78, 5) is 31.8. The molecule has 6 nitrogen and oxygen atoms in total. The molecule has 1 N–H and O–H groups in total. The van der Waals surface area contributed by atoms with Crippen molar-refractivity contribution in [2.45, 2.75) is 39.9 Å². The predicted molar refractivity (Wildman–Crippen MR) is 134 cm³/mol. The predicted octanol–water partition coefficient (Wildman–Crippen LogP) is 5.68. The minimum atomic E-state index is -0.359. The van der Waals surface area contributed by atoms with Crippen LogP contribution in [0.4, 0.5) is 14.9 Å². The van der Waals surface area contributed by atoms with Gasteiger partial charge in [-0.25, -0.2) is 9.18 Å². The van der Waals surface area contributed by atoms with Crippen molar-refractivity contribution in [2.75, 3.05) is 19.0 Å². The molecule has 8 heteroatoms. The van der Waals surface area contributed by atoms with Crippen LogP contribution in [0, 0.1) is 12.7 Å². The van der Waals surface area contributed by atoms with E-state index < -0.39 is 0 Å². The van der Waals surface area contributed by atoms with Crippen molar-refractivity contribution < 1.29 is 18.7 Å². The van der Waals surface area contributed by atoms with Crippen LogP contribution >= 0.6 is 11.3 Å². The number of hydrogen-bond donors (Lipinski definition) is 1. The third-order valence-electron chi connectivity index (χ3n) is 5.31. The molecule has 0 spiro atoms. The van der Waals surface area contributed by atoms with Gasteiger partial charge >= 0.3 is 6.03 Å². The Bertz CT molecular complexity index is 1100. The molecular weight excluding hydrogens is 453 g/mol. The van der Waals surface area contributed by atoms with E-state index in [1.54, 1.807) is 59.7 Å². The number of hydrogen-bond acceptors (Lipinski definition) is 4. The number of ether oxygens (including phenoxy) is 1. The van der Waals surface area contributed by atoms with Gasteiger partial charge in [0, 0.05) is 28.0 Å². The van der Waals surface area contributed by atoms with Crippen LogP contribution < -0.4 is 10.1 Å². The Morgan fingerprint density at radius 3 is 2.24 bits per heavy atom. The van der Waals surface area contributed by atoms with Gasteiger partial charge < -0.3 is 19.9 Å². The van der Waals surface area contributed by atoms with E-state index in [2.05, 4.69) is 5.32 Å². The second-order valence-electron chi connectivity index (χ2n) is 8.27. The molecule has 0 aliphatic carbocycles. The summed E-state index contributed by atoms with van der Waals surface area (Å²) in [6.45, 7) is 6.42. The highest BCUT2D eigenvalue weighted by molar-refractivity contribution is 7.11. The topological polar surface area (TPSA) is 61.9 Å². The number of aryl methyl sites for hydroxylation is 1. The fraction of sp³-hybridized carbons (Fsp3) is 0.308. The molecule has 0 bridgehead atoms. The Balaban J connectivity index is 1.74. The van der Waals surface area contributed by atoms with E-state index in [-0.39, 0.29) is 30.3 Å². The van der Waals surface area contributed by atoms with Crippen molar-refractivity contribution in [3.8, 4) is 5.75 Å². The van der Waals surface area contributed by atoms with Crippen LogP contribution in [0.3, 0.4) is 0 Å². The molecule has 3 amide bonds. The molecule has 0 saturated carbocycles. The third-order valence-corrected chi connectivity index (χ3v) is 6.30. The Labute approximate surface area is 204 Å². The number of benzene rings is 2. The lowest BCUT2D eigenvalue weighted by Crippen LogP contribution is -2.47. The summed E-state index contributed by atoms with van der Waals surface area (Å²) < 4.78 is 18.5. The molecule has 3 aromatic rings. The molecule has 1 heterocycles. The van der Waals surface area contributed by atoms with E-state index >= 15 is 0 Å². The highest BCUT2D eigenvalue weighted by atomic mass is 32.1. The van der Waals surface area contributed by atoms with Gasteiger partial charge in [0.1, 0.15) is 18.1 Å². The van der Waals surface area contributed by atoms with Crippen molar-refractivity contribution >= 4 is 29.0 Å². The number of nitrogens with zero attached hydrogens (tertiary/aromatic N) is 2. The quantitative estimate of drug-likeness (QED) is 0.426. The molecule has 0 unspecified atom stereocenters. The summed E-state index contributed by atoms with van der Waals surface area (Å²) in [5.74, 6) is 0.180. The number of nitrogens with one attached hydrogen (secondary N) is 1. The van der Waals surface area contributed by atoms with Crippen molar-refractivity contribution in [1.29, 1.82) is 0 Å². The largest absolute Gasteiger partial charge is 0.497 e. The fourth-order valence-corrected chi connectivity index (χ4v) is 4.31. The van der Waals surface area contributed by atoms with E-state index in [9.17, 15) is 14.0 Å². The van der Waals surface area contributed by atoms with Gasteiger partial charge in [-0.1, -0.05) is 12.1 Å². The fourth-order valence-electron chi connectivity index (χ4n) is 3.40. The van der Waals surface area contributed by atoms with Gasteiger partial charge in [0.25, 0.3) is 0 Å². The van der Waals surface area contributed by atoms with Crippen LogP contribution in [-0.4, -0.2) is 41.4 Å². The lowest BCUT2D eigenvalue weighted by molar-refractivity contribution is -0.133. The smallest absolute Gasteiger partial charge is 0.322 e. The standard InChI is InChI=1S/C26H30FN3O3S/c1-18(2)30(26(32)28-22-10-12-23(33-4)13-11-22)17-25(31)29(16-24-14-5-19(3)34-24)15-20-6-8-21(27)9-7-20/h5-14,18H,15-17H2,1-4H3,(H,28,32). The average molecular weight is 484 g/mol. The number of thiophene rings is 1. The Hall–Kier alpha value is -3.39. The summed E-state index contributed by atoms with van der Waals surface area (Å²) in [7, 11) is 1.58. The van der Waals surface area contributed by atoms with Gasteiger partial charge in [0.15, 0.2) is 0 Å². The van der Waals surface area contributed by atoms with Crippen molar-refractivity contribution in [1.82, 2.24) is 9.80 Å². The second kappa shape index (κ2) is 11.7. The molecule has 1 aromatic heterocycles. The van der Waals surface area contributed by atoms with Gasteiger partial charge in [0.05, 0.1) is 13.7 Å². The summed E-state index contributed by atoms with van der Waals surface area (Å²) in [5, 5.41) is 2.85. The van der Waals surface area contributed by atoms with Gasteiger partial charge in [-0.05, 0) is 74.9 Å². The molecule has 0 aliphatic rings. The number of carbonyl (C=O) groups is 2. The van der Waals surface area contributed by atoms with Crippen LogP contribution in [0.1, 0.15) is 29.2 Å². The van der Waals surface area contributed by atoms with Gasteiger partial charge in [-0.3, -0.25) is 4.79 Å². The molecule has 0 fully saturated rings. The van der Waals surface area contributed by atoms with E-state index in [1.807, 2.05) is 32.9 Å². The lowest BCUT2D eigenvalue weighted by Gasteiger charge is -2.30. The highest BCUT2D eigenvalue weighted by Gasteiger charge is 2.24. The molecule has 34 heavy (non-hydrogen) atoms. The van der Waals surface area contributed by atoms with E-state index in [0.717, 1.165) is 15.3 Å². The van der Waals surface area contributed by atoms with Crippen LogP contribution in [-0.2, 0) is 17.9 Å². The third kappa shape index (κ3) is 7.05. The van der Waals surface area contributed by atoms with Gasteiger partial charge in [0.2, 0.25) is 5.91 Å². The maximum absolute atomic E-state index is 13.4. The minimum absolute atomic E-state index is 0.0782. The van der Waals surface area contributed by atoms with Gasteiger partial charge in [-0.15, -0.1) is 11.3 Å². The first-order chi connectivity index (χ1) is 16.2. The normalized spacial score (nSPS) is 10.8. The zero-order valence-corrected chi connectivity index (χ0v) is 20.7. The molecule has 3 rings (SSSR count). The number of urea groups is 1. The van der Waals surface area contributed by atoms with Crippen LogP contribution in [0.15, 0.2) is 60.7 Å². The zero-order chi connectivity index (χ0) is 24.7. The number of halogens is 1. The molecule has 180 valence electrons. The van der Waals surface area contributed by atoms with E-state index in [0.29, 0.717) is 24.5 Å². The summed E-state index contributed by atoms with van der Waals surface area (Å²) in [6, 6.07) is 16.6. The molecule has 0 atom stereocenters. The lowest BCUT2D eigenvalue weighted by atomic mass is 10.2. The maximum atomic E-state index is 13.4. The van der Waals surface area contributed by atoms with Crippen LogP contribution in [0.5, 0.6) is 5.75 Å². The number of anilines is 1. The Morgan fingerprint density at radius 1 is 1.00 bits per heavy atom. The monoisotopic (exact) mass is 483 g/mol. The molecule has 0 aliphatic heterocycles. The first-order valence-corrected chi connectivity index (χ1v) is 11.9. The summed E-state index contributed by atoms with van der Waals surface area (Å²) >= 11 is 1.63. The molecule has 0 saturated heterocycles. The maximum Gasteiger partial charge on any atom is 0.322 e. The average Bonchev–Trinajstić information content (AvgIpc) is 3.23. The van der Waals surface area contributed by atoms with Gasteiger partial charge in [-0.2, -0.15) is 0 Å². The van der Waals surface area contributed by atoms with Crippen LogP contribution in [0.2, 0.25) is 0 Å². The summed E-state index contributed by atoms with van der Waals surface area (Å²) in [5.41, 5.74) is 1.43. The molecule has 2 aromatic carbocycles. The molecule has 0 radical (unpaired) electrons. The zero-order valence-electron chi connectivity index (χ0n) is 19.9. The highest BCUT2D eigenvalue weighted by Crippen LogP contribution is 2.20. The van der Waals surface area contributed by atoms with Crippen molar-refractivity contribution in [2.24, 2.45) is 0 Å². The first-order valence-electron chi connectivity index (χ1n) is 11.0.